The topological polar surface area (TPSA) is 49.3 Å². The van der Waals surface area contributed by atoms with Crippen LogP contribution in [0.3, 0.4) is 0 Å². The molecule has 1 amide bonds. The number of nitrogens with zero attached hydrogens (tertiary/aromatic N) is 4. The van der Waals surface area contributed by atoms with Crippen molar-refractivity contribution in [3.05, 3.63) is 17.3 Å². The maximum Gasteiger partial charge on any atom is 0.225 e. The van der Waals surface area contributed by atoms with Gasteiger partial charge in [-0.05, 0) is 25.0 Å². The second-order valence-electron chi connectivity index (χ2n) is 4.80. The van der Waals surface area contributed by atoms with Gasteiger partial charge in [0, 0.05) is 32.1 Å². The molecule has 0 spiro atoms. The second kappa shape index (κ2) is 4.72. The first kappa shape index (κ1) is 11.7. The van der Waals surface area contributed by atoms with Gasteiger partial charge in [0.2, 0.25) is 5.91 Å². The Morgan fingerprint density at radius 3 is 2.44 bits per heavy atom. The molecule has 18 heavy (non-hydrogen) atoms. The van der Waals surface area contributed by atoms with E-state index in [0.717, 1.165) is 44.8 Å². The Kier molecular flexibility index (Phi) is 3.07. The van der Waals surface area contributed by atoms with Crippen LogP contribution < -0.4 is 4.90 Å². The summed E-state index contributed by atoms with van der Waals surface area (Å²) in [6.45, 7) is 3.18. The quantitative estimate of drug-likeness (QED) is 0.807. The molecule has 96 valence electrons. The third kappa shape index (κ3) is 2.41. The normalized spacial score (nSPS) is 20.1. The molecule has 1 aliphatic heterocycles. The summed E-state index contributed by atoms with van der Waals surface area (Å²) in [6.07, 6.45) is 2.14. The average molecular weight is 267 g/mol. The minimum atomic E-state index is 0.312. The summed E-state index contributed by atoms with van der Waals surface area (Å²) in [4.78, 5) is 16.0. The van der Waals surface area contributed by atoms with Crippen LogP contribution in [0.2, 0.25) is 5.15 Å². The zero-order chi connectivity index (χ0) is 12.5. The summed E-state index contributed by atoms with van der Waals surface area (Å²) in [7, 11) is 0. The molecule has 1 saturated heterocycles. The highest BCUT2D eigenvalue weighted by Crippen LogP contribution is 2.31. The summed E-state index contributed by atoms with van der Waals surface area (Å²) in [6, 6.07) is 3.61. The van der Waals surface area contributed by atoms with E-state index in [1.165, 1.54) is 0 Å². The molecule has 0 N–H and O–H groups in total. The Balaban J connectivity index is 1.59. The van der Waals surface area contributed by atoms with Gasteiger partial charge in [0.25, 0.3) is 0 Å². The number of amides is 1. The number of anilines is 1. The van der Waals surface area contributed by atoms with E-state index in [1.807, 2.05) is 11.0 Å². The van der Waals surface area contributed by atoms with E-state index < -0.39 is 0 Å². The van der Waals surface area contributed by atoms with Gasteiger partial charge in [-0.15, -0.1) is 10.2 Å². The highest BCUT2D eigenvalue weighted by atomic mass is 35.5. The van der Waals surface area contributed by atoms with Gasteiger partial charge in [0.1, 0.15) is 0 Å². The summed E-state index contributed by atoms with van der Waals surface area (Å²) < 4.78 is 0. The van der Waals surface area contributed by atoms with E-state index >= 15 is 0 Å². The fourth-order valence-corrected chi connectivity index (χ4v) is 2.32. The first-order valence-electron chi connectivity index (χ1n) is 6.27. The number of hydrogen-bond donors (Lipinski definition) is 0. The number of aromatic nitrogens is 2. The van der Waals surface area contributed by atoms with Gasteiger partial charge in [-0.3, -0.25) is 4.79 Å². The van der Waals surface area contributed by atoms with Crippen molar-refractivity contribution < 1.29 is 4.79 Å². The summed E-state index contributed by atoms with van der Waals surface area (Å²) in [5.74, 6) is 1.47. The molecule has 1 aromatic rings. The van der Waals surface area contributed by atoms with Gasteiger partial charge in [0.15, 0.2) is 11.0 Å². The molecule has 2 aliphatic rings. The minimum absolute atomic E-state index is 0.312. The molecule has 0 radical (unpaired) electrons. The van der Waals surface area contributed by atoms with Crippen molar-refractivity contribution in [3.63, 3.8) is 0 Å². The number of carbonyl (C=O) groups excluding carboxylic acids is 1. The molecule has 5 nitrogen and oxygen atoms in total. The monoisotopic (exact) mass is 266 g/mol. The van der Waals surface area contributed by atoms with Crippen LogP contribution in [0.1, 0.15) is 12.8 Å². The van der Waals surface area contributed by atoms with Crippen molar-refractivity contribution in [1.29, 1.82) is 0 Å². The van der Waals surface area contributed by atoms with Crippen LogP contribution in [0.5, 0.6) is 0 Å². The van der Waals surface area contributed by atoms with Crippen LogP contribution in [0.15, 0.2) is 12.1 Å². The van der Waals surface area contributed by atoms with Crippen molar-refractivity contribution in [1.82, 2.24) is 15.1 Å². The molecule has 3 rings (SSSR count). The Morgan fingerprint density at radius 1 is 1.17 bits per heavy atom. The number of piperazine rings is 1. The second-order valence-corrected chi connectivity index (χ2v) is 5.19. The van der Waals surface area contributed by atoms with E-state index in [9.17, 15) is 4.79 Å². The minimum Gasteiger partial charge on any atom is -0.352 e. The Labute approximate surface area is 111 Å². The van der Waals surface area contributed by atoms with Crippen molar-refractivity contribution in [2.75, 3.05) is 31.1 Å². The zero-order valence-electron chi connectivity index (χ0n) is 10.0. The smallest absolute Gasteiger partial charge is 0.225 e. The Hall–Kier alpha value is -1.36. The lowest BCUT2D eigenvalue weighted by Crippen LogP contribution is -2.49. The molecule has 2 heterocycles. The van der Waals surface area contributed by atoms with E-state index in [1.54, 1.807) is 6.07 Å². The number of halogens is 1. The van der Waals surface area contributed by atoms with Crippen LogP contribution in [0.25, 0.3) is 0 Å². The van der Waals surface area contributed by atoms with Crippen molar-refractivity contribution in [3.8, 4) is 0 Å². The fraction of sp³-hybridized carbons (Fsp3) is 0.583. The van der Waals surface area contributed by atoms with Crippen molar-refractivity contribution >= 4 is 23.3 Å². The third-order valence-electron chi connectivity index (χ3n) is 3.46. The average Bonchev–Trinajstić information content (AvgIpc) is 3.23. The Bertz CT molecular complexity index is 438. The van der Waals surface area contributed by atoms with E-state index in [4.69, 9.17) is 11.6 Å². The molecule has 1 aromatic heterocycles. The lowest BCUT2D eigenvalue weighted by atomic mass is 10.2. The fourth-order valence-electron chi connectivity index (χ4n) is 2.22. The SMILES string of the molecule is O=C(C1CC1)N1CCN(c2ccc(Cl)nn2)CC1. The third-order valence-corrected chi connectivity index (χ3v) is 3.66. The number of rotatable bonds is 2. The summed E-state index contributed by atoms with van der Waals surface area (Å²) in [5, 5.41) is 8.30. The molecule has 0 atom stereocenters. The first-order chi connectivity index (χ1) is 8.74. The van der Waals surface area contributed by atoms with Crippen LogP contribution in [-0.4, -0.2) is 47.2 Å². The van der Waals surface area contributed by atoms with Gasteiger partial charge < -0.3 is 9.80 Å². The van der Waals surface area contributed by atoms with Gasteiger partial charge in [0.05, 0.1) is 0 Å². The molecular weight excluding hydrogens is 252 g/mol. The number of hydrogen-bond acceptors (Lipinski definition) is 4. The van der Waals surface area contributed by atoms with Crippen molar-refractivity contribution in [2.45, 2.75) is 12.8 Å². The summed E-state index contributed by atoms with van der Waals surface area (Å²) >= 11 is 5.71. The molecule has 0 aromatic carbocycles. The molecule has 1 saturated carbocycles. The van der Waals surface area contributed by atoms with Gasteiger partial charge in [-0.1, -0.05) is 11.6 Å². The molecule has 0 bridgehead atoms. The molecule has 2 fully saturated rings. The lowest BCUT2D eigenvalue weighted by Gasteiger charge is -2.35. The first-order valence-corrected chi connectivity index (χ1v) is 6.65. The highest BCUT2D eigenvalue weighted by Gasteiger charge is 2.34. The molecular formula is C12H15ClN4O. The molecule has 6 heteroatoms. The molecule has 0 unspecified atom stereocenters. The van der Waals surface area contributed by atoms with Crippen molar-refractivity contribution in [2.24, 2.45) is 5.92 Å². The largest absolute Gasteiger partial charge is 0.352 e. The standard InChI is InChI=1S/C12H15ClN4O/c13-10-3-4-11(15-14-10)16-5-7-17(8-6-16)12(18)9-1-2-9/h3-4,9H,1-2,5-8H2. The maximum atomic E-state index is 11.9. The highest BCUT2D eigenvalue weighted by molar-refractivity contribution is 6.29. The van der Waals surface area contributed by atoms with Gasteiger partial charge in [-0.25, -0.2) is 0 Å². The van der Waals surface area contributed by atoms with E-state index in [-0.39, 0.29) is 0 Å². The zero-order valence-corrected chi connectivity index (χ0v) is 10.8. The van der Waals surface area contributed by atoms with Gasteiger partial charge in [-0.2, -0.15) is 0 Å². The Morgan fingerprint density at radius 2 is 1.89 bits per heavy atom. The summed E-state index contributed by atoms with van der Waals surface area (Å²) in [5.41, 5.74) is 0. The lowest BCUT2D eigenvalue weighted by molar-refractivity contribution is -0.132. The van der Waals surface area contributed by atoms with E-state index in [2.05, 4.69) is 15.1 Å². The van der Waals surface area contributed by atoms with Crippen LogP contribution in [0, 0.1) is 5.92 Å². The van der Waals surface area contributed by atoms with E-state index in [0.29, 0.717) is 17.0 Å². The predicted molar refractivity (Wildman–Crippen MR) is 68.6 cm³/mol. The maximum absolute atomic E-state index is 11.9. The van der Waals surface area contributed by atoms with Crippen LogP contribution in [-0.2, 0) is 4.79 Å². The predicted octanol–water partition coefficient (Wildman–Crippen LogP) is 1.19. The molecule has 1 aliphatic carbocycles. The van der Waals surface area contributed by atoms with Crippen LogP contribution in [0.4, 0.5) is 5.82 Å². The van der Waals surface area contributed by atoms with Crippen LogP contribution >= 0.6 is 11.6 Å². The van der Waals surface area contributed by atoms with Gasteiger partial charge >= 0.3 is 0 Å². The number of carbonyl (C=O) groups is 1.